The van der Waals surface area contributed by atoms with Crippen LogP contribution in [-0.2, 0) is 0 Å². The van der Waals surface area contributed by atoms with E-state index in [4.69, 9.17) is 4.42 Å². The molecule has 2 nitrogen and oxygen atoms in total. The standard InChI is InChI=1S/C54H37NOS/c1-4-16-36(17-5-1)37-30-32-40(33-31-37)55(49-27-15-25-45-43-23-11-13-29-51(43)57-54(45)49)41-34-47(38-18-6-2-7-19-38)52(48(35-41)39-20-8-3-9-21-39)46-26-14-24-44-42-22-10-12-28-50(42)56-53(44)46/h1-24,26-35,45H,25H2. The quantitative estimate of drug-likeness (QED) is 0.162. The largest absolute Gasteiger partial charge is 0.455 e. The molecule has 0 fully saturated rings. The zero-order valence-corrected chi connectivity index (χ0v) is 32.0. The highest BCUT2D eigenvalue weighted by Gasteiger charge is 2.34. The van der Waals surface area contributed by atoms with E-state index in [-0.39, 0.29) is 0 Å². The number of anilines is 2. The van der Waals surface area contributed by atoms with E-state index in [9.17, 15) is 0 Å². The van der Waals surface area contributed by atoms with Crippen molar-refractivity contribution in [2.45, 2.75) is 17.2 Å². The van der Waals surface area contributed by atoms with Gasteiger partial charge in [-0.2, -0.15) is 0 Å². The molecule has 57 heavy (non-hydrogen) atoms. The summed E-state index contributed by atoms with van der Waals surface area (Å²) in [5.74, 6) is 0.324. The Bertz CT molecular complexity index is 2940. The molecule has 0 amide bonds. The number of thioether (sulfide) groups is 1. The van der Waals surface area contributed by atoms with Crippen LogP contribution in [0.1, 0.15) is 17.9 Å². The van der Waals surface area contributed by atoms with Crippen molar-refractivity contribution in [3.05, 3.63) is 222 Å². The van der Waals surface area contributed by atoms with E-state index >= 15 is 0 Å². The lowest BCUT2D eigenvalue weighted by Gasteiger charge is -2.32. The highest BCUT2D eigenvalue weighted by Crippen LogP contribution is 2.55. The van der Waals surface area contributed by atoms with Crippen LogP contribution in [0.2, 0.25) is 0 Å². The van der Waals surface area contributed by atoms with E-state index < -0.39 is 0 Å². The van der Waals surface area contributed by atoms with Crippen molar-refractivity contribution in [2.24, 2.45) is 0 Å². The molecule has 1 aromatic heterocycles. The van der Waals surface area contributed by atoms with Gasteiger partial charge in [0.05, 0.1) is 5.70 Å². The molecule has 3 heteroatoms. The SMILES string of the molecule is C1=CC(N(c2ccc(-c3ccccc3)cc2)c2cc(-c3ccccc3)c(-c3cccc4c3oc3ccccc34)c(-c3ccccc3)c2)=C2Sc3ccccc3C2C1. The van der Waals surface area contributed by atoms with Crippen molar-refractivity contribution in [1.82, 2.24) is 0 Å². The van der Waals surface area contributed by atoms with Gasteiger partial charge in [0, 0.05) is 49.0 Å². The van der Waals surface area contributed by atoms with Crippen LogP contribution in [0.15, 0.2) is 226 Å². The second-order valence-corrected chi connectivity index (χ2v) is 15.8. The van der Waals surface area contributed by atoms with Crippen molar-refractivity contribution >= 4 is 45.1 Å². The lowest BCUT2D eigenvalue weighted by Crippen LogP contribution is -2.19. The van der Waals surface area contributed by atoms with Gasteiger partial charge in [0.15, 0.2) is 0 Å². The number of furan rings is 1. The summed E-state index contributed by atoms with van der Waals surface area (Å²) >= 11 is 1.92. The van der Waals surface area contributed by atoms with Crippen LogP contribution >= 0.6 is 11.8 Å². The highest BCUT2D eigenvalue weighted by atomic mass is 32.2. The van der Waals surface area contributed by atoms with Crippen LogP contribution in [0, 0.1) is 0 Å². The normalized spacial score (nSPS) is 14.6. The summed E-state index contributed by atoms with van der Waals surface area (Å²) in [6, 6.07) is 70.1. The average molecular weight is 748 g/mol. The number of benzene rings is 8. The Morgan fingerprint density at radius 2 is 1.09 bits per heavy atom. The Kier molecular flexibility index (Phi) is 8.26. The third-order valence-electron chi connectivity index (χ3n) is 11.4. The minimum Gasteiger partial charge on any atom is -0.455 e. The average Bonchev–Trinajstić information content (AvgIpc) is 3.87. The molecule has 0 N–H and O–H groups in total. The molecule has 270 valence electrons. The first kappa shape index (κ1) is 33.5. The summed E-state index contributed by atoms with van der Waals surface area (Å²) in [5.41, 5.74) is 15.9. The van der Waals surface area contributed by atoms with Gasteiger partial charge in [0.1, 0.15) is 11.2 Å². The molecule has 0 radical (unpaired) electrons. The molecule has 0 spiro atoms. The Morgan fingerprint density at radius 1 is 0.491 bits per heavy atom. The van der Waals surface area contributed by atoms with E-state index in [1.807, 2.05) is 17.8 Å². The van der Waals surface area contributed by atoms with Crippen LogP contribution in [0.3, 0.4) is 0 Å². The van der Waals surface area contributed by atoms with Gasteiger partial charge in [-0.3, -0.25) is 0 Å². The van der Waals surface area contributed by atoms with Crippen molar-refractivity contribution < 1.29 is 4.42 Å². The minimum atomic E-state index is 0.324. The van der Waals surface area contributed by atoms with Crippen molar-refractivity contribution in [2.75, 3.05) is 4.90 Å². The molecule has 0 bridgehead atoms. The highest BCUT2D eigenvalue weighted by molar-refractivity contribution is 8.03. The van der Waals surface area contributed by atoms with Crippen molar-refractivity contribution in [3.8, 4) is 44.5 Å². The first-order chi connectivity index (χ1) is 28.3. The monoisotopic (exact) mass is 747 g/mol. The maximum atomic E-state index is 6.76. The Balaban J connectivity index is 1.21. The topological polar surface area (TPSA) is 16.4 Å². The fourth-order valence-corrected chi connectivity index (χ4v) is 10.1. The number of nitrogens with zero attached hydrogens (tertiary/aromatic N) is 1. The van der Waals surface area contributed by atoms with Gasteiger partial charge >= 0.3 is 0 Å². The number of hydrogen-bond acceptors (Lipinski definition) is 3. The van der Waals surface area contributed by atoms with Gasteiger partial charge in [0.25, 0.3) is 0 Å². The summed E-state index contributed by atoms with van der Waals surface area (Å²) in [5, 5.41) is 2.24. The summed E-state index contributed by atoms with van der Waals surface area (Å²) in [6.45, 7) is 0. The third-order valence-corrected chi connectivity index (χ3v) is 12.7. The zero-order valence-electron chi connectivity index (χ0n) is 31.2. The molecule has 1 atom stereocenters. The van der Waals surface area contributed by atoms with Crippen LogP contribution in [0.4, 0.5) is 11.4 Å². The Morgan fingerprint density at radius 3 is 1.81 bits per heavy atom. The number of allylic oxidation sites excluding steroid dienone is 3. The van der Waals surface area contributed by atoms with E-state index in [1.54, 1.807) is 0 Å². The molecule has 2 aliphatic rings. The van der Waals surface area contributed by atoms with Gasteiger partial charge in [-0.05, 0) is 87.8 Å². The minimum absolute atomic E-state index is 0.324. The third kappa shape index (κ3) is 5.82. The lowest BCUT2D eigenvalue weighted by molar-refractivity contribution is 0.670. The van der Waals surface area contributed by atoms with Crippen LogP contribution in [0.25, 0.3) is 66.4 Å². The molecular weight excluding hydrogens is 711 g/mol. The molecule has 1 unspecified atom stereocenters. The predicted octanol–water partition coefficient (Wildman–Crippen LogP) is 15.5. The Hall–Kier alpha value is -6.81. The Labute approximate surface area is 337 Å². The van der Waals surface area contributed by atoms with Crippen molar-refractivity contribution in [3.63, 3.8) is 0 Å². The maximum absolute atomic E-state index is 6.76. The fraction of sp³-hybridized carbons (Fsp3) is 0.0370. The van der Waals surface area contributed by atoms with Gasteiger partial charge in [0.2, 0.25) is 0 Å². The number of para-hydroxylation sites is 2. The van der Waals surface area contributed by atoms with Gasteiger partial charge in [-0.25, -0.2) is 0 Å². The molecule has 11 rings (SSSR count). The van der Waals surface area contributed by atoms with Crippen LogP contribution < -0.4 is 4.90 Å². The molecule has 9 aromatic rings. The first-order valence-corrected chi connectivity index (χ1v) is 20.4. The van der Waals surface area contributed by atoms with Gasteiger partial charge in [-0.1, -0.05) is 176 Å². The first-order valence-electron chi connectivity index (χ1n) is 19.6. The van der Waals surface area contributed by atoms with E-state index in [0.29, 0.717) is 5.92 Å². The van der Waals surface area contributed by atoms with E-state index in [2.05, 4.69) is 205 Å². The number of hydrogen-bond donors (Lipinski definition) is 0. The van der Waals surface area contributed by atoms with E-state index in [0.717, 1.165) is 73.1 Å². The summed E-state index contributed by atoms with van der Waals surface area (Å²) in [4.78, 5) is 5.24. The van der Waals surface area contributed by atoms with Crippen molar-refractivity contribution in [1.29, 1.82) is 0 Å². The second-order valence-electron chi connectivity index (χ2n) is 14.8. The molecule has 1 aliphatic heterocycles. The molecule has 2 heterocycles. The fourth-order valence-electron chi connectivity index (χ4n) is 8.78. The van der Waals surface area contributed by atoms with Gasteiger partial charge < -0.3 is 9.32 Å². The molecular formula is C54H37NOS. The van der Waals surface area contributed by atoms with Crippen LogP contribution in [0.5, 0.6) is 0 Å². The maximum Gasteiger partial charge on any atom is 0.143 e. The zero-order chi connectivity index (χ0) is 37.7. The smallest absolute Gasteiger partial charge is 0.143 e. The van der Waals surface area contributed by atoms with Gasteiger partial charge in [-0.15, -0.1) is 0 Å². The second kappa shape index (κ2) is 14.0. The summed E-state index contributed by atoms with van der Waals surface area (Å²) in [7, 11) is 0. The molecule has 8 aromatic carbocycles. The lowest BCUT2D eigenvalue weighted by atomic mass is 9.85. The summed E-state index contributed by atoms with van der Waals surface area (Å²) < 4.78 is 6.76. The predicted molar refractivity (Wildman–Crippen MR) is 240 cm³/mol. The number of rotatable bonds is 7. The number of fused-ring (bicyclic) bond motifs is 6. The molecule has 0 saturated carbocycles. The summed E-state index contributed by atoms with van der Waals surface area (Å²) in [6.07, 6.45) is 5.71. The van der Waals surface area contributed by atoms with E-state index in [1.165, 1.54) is 32.2 Å². The van der Waals surface area contributed by atoms with Crippen LogP contribution in [-0.4, -0.2) is 0 Å². The molecule has 0 saturated heterocycles. The molecule has 1 aliphatic carbocycles.